The van der Waals surface area contributed by atoms with Gasteiger partial charge in [-0.2, -0.15) is 0 Å². The number of thiocarbonyl (C=S) groups is 1. The molecule has 0 aliphatic rings. The number of unbranched alkanes of at least 4 members (excludes halogenated alkanes) is 1. The lowest BCUT2D eigenvalue weighted by molar-refractivity contribution is -0.123. The lowest BCUT2D eigenvalue weighted by Gasteiger charge is -2.13. The number of rotatable bonds is 8. The number of nitrogens with one attached hydrogen (secondary N) is 3. The van der Waals surface area contributed by atoms with Gasteiger partial charge >= 0.3 is 0 Å². The molecule has 3 N–H and O–H groups in total. The fourth-order valence-electron chi connectivity index (χ4n) is 2.15. The number of halogens is 1. The van der Waals surface area contributed by atoms with Crippen LogP contribution in [0.15, 0.2) is 53.0 Å². The molecular formula is C20H22BrN3O4S. The van der Waals surface area contributed by atoms with Crippen molar-refractivity contribution in [3.63, 3.8) is 0 Å². The molecule has 0 atom stereocenters. The molecule has 0 fully saturated rings. The van der Waals surface area contributed by atoms with Crippen LogP contribution in [0.5, 0.6) is 11.5 Å². The van der Waals surface area contributed by atoms with Gasteiger partial charge in [-0.15, -0.1) is 0 Å². The van der Waals surface area contributed by atoms with E-state index >= 15 is 0 Å². The highest BCUT2D eigenvalue weighted by molar-refractivity contribution is 9.10. The summed E-state index contributed by atoms with van der Waals surface area (Å²) >= 11 is 8.37. The van der Waals surface area contributed by atoms with Crippen molar-refractivity contribution in [1.29, 1.82) is 0 Å². The molecule has 154 valence electrons. The topological polar surface area (TPSA) is 88.7 Å². The van der Waals surface area contributed by atoms with E-state index < -0.39 is 11.8 Å². The Bertz CT molecular complexity index is 846. The zero-order valence-electron chi connectivity index (χ0n) is 15.9. The second kappa shape index (κ2) is 12.0. The van der Waals surface area contributed by atoms with Crippen molar-refractivity contribution in [1.82, 2.24) is 16.2 Å². The Kier molecular flexibility index (Phi) is 9.39. The number of hydrogen-bond acceptors (Lipinski definition) is 5. The summed E-state index contributed by atoms with van der Waals surface area (Å²) < 4.78 is 11.9. The van der Waals surface area contributed by atoms with Crippen LogP contribution in [0.2, 0.25) is 0 Å². The average Bonchev–Trinajstić information content (AvgIpc) is 2.72. The molecule has 0 radical (unpaired) electrons. The molecule has 0 unspecified atom stereocenters. The Labute approximate surface area is 183 Å². The van der Waals surface area contributed by atoms with Gasteiger partial charge in [-0.1, -0.05) is 41.4 Å². The monoisotopic (exact) mass is 479 g/mol. The van der Waals surface area contributed by atoms with E-state index in [4.69, 9.17) is 21.7 Å². The maximum Gasteiger partial charge on any atom is 0.276 e. The molecule has 0 aliphatic carbocycles. The predicted octanol–water partition coefficient (Wildman–Crippen LogP) is 3.34. The van der Waals surface area contributed by atoms with Crippen LogP contribution < -0.4 is 25.6 Å². The lowest BCUT2D eigenvalue weighted by Crippen LogP contribution is -2.49. The highest BCUT2D eigenvalue weighted by atomic mass is 79.9. The van der Waals surface area contributed by atoms with Crippen molar-refractivity contribution in [2.45, 2.75) is 19.8 Å². The quantitative estimate of drug-likeness (QED) is 0.305. The Morgan fingerprint density at radius 3 is 2.48 bits per heavy atom. The minimum Gasteiger partial charge on any atom is -0.493 e. The molecule has 2 rings (SSSR count). The first-order chi connectivity index (χ1) is 14.0. The molecule has 0 bridgehead atoms. The summed E-state index contributed by atoms with van der Waals surface area (Å²) in [6, 6.07) is 14.0. The smallest absolute Gasteiger partial charge is 0.276 e. The Morgan fingerprint density at radius 2 is 1.76 bits per heavy atom. The number of ether oxygens (including phenoxy) is 2. The zero-order chi connectivity index (χ0) is 21.1. The molecule has 0 heterocycles. The van der Waals surface area contributed by atoms with Crippen LogP contribution in [0.25, 0.3) is 0 Å². The third-order valence-corrected chi connectivity index (χ3v) is 4.35. The Balaban J connectivity index is 1.77. The summed E-state index contributed by atoms with van der Waals surface area (Å²) in [5.41, 5.74) is 5.20. The predicted molar refractivity (Wildman–Crippen MR) is 118 cm³/mol. The van der Waals surface area contributed by atoms with Gasteiger partial charge in [0.1, 0.15) is 11.5 Å². The van der Waals surface area contributed by atoms with Crippen LogP contribution in [0.3, 0.4) is 0 Å². The minimum atomic E-state index is -0.451. The van der Waals surface area contributed by atoms with E-state index in [2.05, 4.69) is 39.0 Å². The molecule has 0 aromatic heterocycles. The number of para-hydroxylation sites is 1. The number of carbonyl (C=O) groups is 2. The summed E-state index contributed by atoms with van der Waals surface area (Å²) in [7, 11) is 0. The fraction of sp³-hybridized carbons (Fsp3) is 0.250. The van der Waals surface area contributed by atoms with Crippen LogP contribution in [0, 0.1) is 0 Å². The highest BCUT2D eigenvalue weighted by Crippen LogP contribution is 2.18. The molecule has 0 saturated carbocycles. The second-order valence-corrected chi connectivity index (χ2v) is 7.22. The number of hydrazine groups is 1. The minimum absolute atomic E-state index is 0.0460. The molecule has 29 heavy (non-hydrogen) atoms. The van der Waals surface area contributed by atoms with Crippen molar-refractivity contribution < 1.29 is 19.1 Å². The summed E-state index contributed by atoms with van der Waals surface area (Å²) in [5.74, 6) is 0.148. The molecule has 2 aromatic carbocycles. The maximum absolute atomic E-state index is 12.4. The fourth-order valence-corrected chi connectivity index (χ4v) is 2.56. The summed E-state index contributed by atoms with van der Waals surface area (Å²) in [5, 5.41) is 2.46. The van der Waals surface area contributed by atoms with E-state index in [1.807, 2.05) is 0 Å². The van der Waals surface area contributed by atoms with Crippen molar-refractivity contribution >= 4 is 45.1 Å². The van der Waals surface area contributed by atoms with Gasteiger partial charge in [0, 0.05) is 4.47 Å². The largest absolute Gasteiger partial charge is 0.493 e. The van der Waals surface area contributed by atoms with Crippen LogP contribution in [0.1, 0.15) is 30.1 Å². The highest BCUT2D eigenvalue weighted by Gasteiger charge is 2.14. The van der Waals surface area contributed by atoms with E-state index in [0.29, 0.717) is 23.7 Å². The van der Waals surface area contributed by atoms with Gasteiger partial charge in [0.2, 0.25) is 0 Å². The van der Waals surface area contributed by atoms with Crippen molar-refractivity contribution in [2.24, 2.45) is 0 Å². The normalized spacial score (nSPS) is 10.0. The van der Waals surface area contributed by atoms with Crippen LogP contribution in [-0.4, -0.2) is 30.1 Å². The molecule has 0 saturated heterocycles. The Morgan fingerprint density at radius 1 is 1.03 bits per heavy atom. The summed E-state index contributed by atoms with van der Waals surface area (Å²) in [6.07, 6.45) is 1.89. The van der Waals surface area contributed by atoms with Gasteiger partial charge < -0.3 is 9.47 Å². The molecule has 0 spiro atoms. The molecule has 7 nitrogen and oxygen atoms in total. The zero-order valence-corrected chi connectivity index (χ0v) is 18.3. The maximum atomic E-state index is 12.4. The number of carbonyl (C=O) groups excluding carboxylic acids is 2. The van der Waals surface area contributed by atoms with Gasteiger partial charge in [-0.3, -0.25) is 25.8 Å². The van der Waals surface area contributed by atoms with Gasteiger partial charge in [0.15, 0.2) is 11.7 Å². The number of amides is 2. The van der Waals surface area contributed by atoms with Gasteiger partial charge in [-0.25, -0.2) is 0 Å². The standard InChI is InChI=1S/C20H22BrN3O4S/c1-2-3-12-27-17-7-5-4-6-16(17)19(26)22-20(29)24-23-18(25)13-28-15-10-8-14(21)9-11-15/h4-11H,2-3,12-13H2,1H3,(H,23,25)(H2,22,24,26,29). The lowest BCUT2D eigenvalue weighted by atomic mass is 10.2. The third-order valence-electron chi connectivity index (χ3n) is 3.61. The molecular weight excluding hydrogens is 458 g/mol. The SMILES string of the molecule is CCCCOc1ccccc1C(=O)NC(=S)NNC(=O)COc1ccc(Br)cc1. The van der Waals surface area contributed by atoms with Gasteiger partial charge in [-0.05, 0) is 55.0 Å². The van der Waals surface area contributed by atoms with Crippen LogP contribution in [-0.2, 0) is 4.79 Å². The van der Waals surface area contributed by atoms with Crippen molar-refractivity contribution in [3.8, 4) is 11.5 Å². The van der Waals surface area contributed by atoms with Crippen LogP contribution >= 0.6 is 28.1 Å². The van der Waals surface area contributed by atoms with E-state index in [9.17, 15) is 9.59 Å². The summed E-state index contributed by atoms with van der Waals surface area (Å²) in [4.78, 5) is 24.3. The molecule has 0 aliphatic heterocycles. The third kappa shape index (κ3) is 8.08. The first-order valence-corrected chi connectivity index (χ1v) is 10.2. The molecule has 2 amide bonds. The van der Waals surface area contributed by atoms with Crippen molar-refractivity contribution in [3.05, 3.63) is 58.6 Å². The molecule has 2 aromatic rings. The van der Waals surface area contributed by atoms with E-state index in [0.717, 1.165) is 17.3 Å². The van der Waals surface area contributed by atoms with Crippen molar-refractivity contribution in [2.75, 3.05) is 13.2 Å². The van der Waals surface area contributed by atoms with Gasteiger partial charge in [0.05, 0.1) is 12.2 Å². The first kappa shape index (κ1) is 22.6. The summed E-state index contributed by atoms with van der Waals surface area (Å²) in [6.45, 7) is 2.38. The van der Waals surface area contributed by atoms with Gasteiger partial charge in [0.25, 0.3) is 11.8 Å². The molecule has 9 heteroatoms. The van der Waals surface area contributed by atoms with E-state index in [-0.39, 0.29) is 11.7 Å². The first-order valence-electron chi connectivity index (χ1n) is 9.00. The Hall–Kier alpha value is -2.65. The average molecular weight is 480 g/mol. The van der Waals surface area contributed by atoms with E-state index in [1.54, 1.807) is 48.5 Å². The van der Waals surface area contributed by atoms with Crippen LogP contribution in [0.4, 0.5) is 0 Å². The number of hydrogen-bond donors (Lipinski definition) is 3. The van der Waals surface area contributed by atoms with E-state index in [1.165, 1.54) is 0 Å². The second-order valence-electron chi connectivity index (χ2n) is 5.90. The number of benzene rings is 2.